The lowest BCUT2D eigenvalue weighted by molar-refractivity contribution is 0.215. The first kappa shape index (κ1) is 20.6. The van der Waals surface area contributed by atoms with Crippen LogP contribution < -0.4 is 20.1 Å². The van der Waals surface area contributed by atoms with Gasteiger partial charge < -0.3 is 20.1 Å². The Morgan fingerprint density at radius 3 is 2.59 bits per heavy atom. The van der Waals surface area contributed by atoms with Crippen molar-refractivity contribution in [1.29, 1.82) is 0 Å². The smallest absolute Gasteiger partial charge is 0.218 e. The molecular formula is C21H30N4O2. The number of ether oxygens (including phenoxy) is 2. The van der Waals surface area contributed by atoms with E-state index >= 15 is 0 Å². The van der Waals surface area contributed by atoms with Gasteiger partial charge in [-0.3, -0.25) is 4.99 Å². The third-order valence-corrected chi connectivity index (χ3v) is 4.29. The van der Waals surface area contributed by atoms with Gasteiger partial charge in [-0.05, 0) is 38.0 Å². The van der Waals surface area contributed by atoms with Crippen molar-refractivity contribution in [3.05, 3.63) is 53.2 Å². The van der Waals surface area contributed by atoms with Crippen LogP contribution in [0.1, 0.15) is 37.0 Å². The van der Waals surface area contributed by atoms with Crippen LogP contribution >= 0.6 is 0 Å². The first-order valence-corrected chi connectivity index (χ1v) is 9.26. The van der Waals surface area contributed by atoms with Gasteiger partial charge in [0.25, 0.3) is 0 Å². The molecule has 1 unspecified atom stereocenters. The average Bonchev–Trinajstić information content (AvgIpc) is 2.69. The molecule has 0 radical (unpaired) electrons. The highest BCUT2D eigenvalue weighted by Crippen LogP contribution is 2.22. The summed E-state index contributed by atoms with van der Waals surface area (Å²) in [4.78, 5) is 8.50. The number of rotatable bonds is 8. The van der Waals surface area contributed by atoms with Gasteiger partial charge in [0, 0.05) is 37.5 Å². The zero-order chi connectivity index (χ0) is 19.6. The van der Waals surface area contributed by atoms with E-state index in [4.69, 9.17) is 9.47 Å². The molecule has 0 aliphatic heterocycles. The van der Waals surface area contributed by atoms with Gasteiger partial charge in [-0.1, -0.05) is 25.1 Å². The van der Waals surface area contributed by atoms with Crippen LogP contribution in [0.4, 0.5) is 0 Å². The summed E-state index contributed by atoms with van der Waals surface area (Å²) in [6.45, 7) is 7.47. The Morgan fingerprint density at radius 1 is 1.19 bits per heavy atom. The van der Waals surface area contributed by atoms with Gasteiger partial charge in [-0.15, -0.1) is 0 Å². The summed E-state index contributed by atoms with van der Waals surface area (Å²) in [6.07, 6.45) is 2.86. The second-order valence-electron chi connectivity index (χ2n) is 6.40. The second-order valence-corrected chi connectivity index (χ2v) is 6.40. The Kier molecular flexibility index (Phi) is 7.92. The number of methoxy groups -OCH3 is 1. The summed E-state index contributed by atoms with van der Waals surface area (Å²) in [7, 11) is 3.37. The van der Waals surface area contributed by atoms with Crippen molar-refractivity contribution < 1.29 is 9.47 Å². The molecule has 2 rings (SSSR count). The molecule has 6 heteroatoms. The number of aliphatic imine (C=N–C) groups is 1. The Labute approximate surface area is 162 Å². The van der Waals surface area contributed by atoms with E-state index in [9.17, 15) is 0 Å². The second kappa shape index (κ2) is 10.4. The molecule has 146 valence electrons. The van der Waals surface area contributed by atoms with Gasteiger partial charge in [0.2, 0.25) is 5.88 Å². The SMILES string of the molecule is CCC(C)Oc1cc(C)ccc1CNC(=NC)NCc1cccnc1OC. The first-order valence-electron chi connectivity index (χ1n) is 9.26. The van der Waals surface area contributed by atoms with E-state index < -0.39 is 0 Å². The van der Waals surface area contributed by atoms with Crippen molar-refractivity contribution >= 4 is 5.96 Å². The molecule has 1 aromatic heterocycles. The monoisotopic (exact) mass is 370 g/mol. The van der Waals surface area contributed by atoms with Gasteiger partial charge >= 0.3 is 0 Å². The molecule has 0 spiro atoms. The van der Waals surface area contributed by atoms with Crippen molar-refractivity contribution in [3.8, 4) is 11.6 Å². The minimum atomic E-state index is 0.182. The Balaban J connectivity index is 1.99. The molecule has 27 heavy (non-hydrogen) atoms. The fraction of sp³-hybridized carbons (Fsp3) is 0.429. The lowest BCUT2D eigenvalue weighted by Crippen LogP contribution is -2.36. The van der Waals surface area contributed by atoms with Crippen molar-refractivity contribution in [2.24, 2.45) is 4.99 Å². The highest BCUT2D eigenvalue weighted by atomic mass is 16.5. The van der Waals surface area contributed by atoms with Crippen LogP contribution in [0.25, 0.3) is 0 Å². The third-order valence-electron chi connectivity index (χ3n) is 4.29. The van der Waals surface area contributed by atoms with E-state index in [-0.39, 0.29) is 6.10 Å². The summed E-state index contributed by atoms with van der Waals surface area (Å²) >= 11 is 0. The quantitative estimate of drug-likeness (QED) is 0.550. The number of aromatic nitrogens is 1. The normalized spacial score (nSPS) is 12.4. The molecule has 0 saturated carbocycles. The van der Waals surface area contributed by atoms with Crippen LogP contribution in [0.2, 0.25) is 0 Å². The van der Waals surface area contributed by atoms with Crippen LogP contribution in [0.15, 0.2) is 41.5 Å². The van der Waals surface area contributed by atoms with Crippen molar-refractivity contribution in [1.82, 2.24) is 15.6 Å². The van der Waals surface area contributed by atoms with E-state index in [1.54, 1.807) is 20.4 Å². The molecule has 0 amide bonds. The van der Waals surface area contributed by atoms with Crippen molar-refractivity contribution in [3.63, 3.8) is 0 Å². The van der Waals surface area contributed by atoms with E-state index in [1.165, 1.54) is 5.56 Å². The molecule has 1 aromatic carbocycles. The van der Waals surface area contributed by atoms with E-state index in [2.05, 4.69) is 59.6 Å². The lowest BCUT2D eigenvalue weighted by atomic mass is 10.1. The number of benzene rings is 1. The number of hydrogen-bond acceptors (Lipinski definition) is 4. The topological polar surface area (TPSA) is 67.8 Å². The van der Waals surface area contributed by atoms with E-state index in [0.29, 0.717) is 24.9 Å². The molecule has 0 aliphatic rings. The molecule has 2 N–H and O–H groups in total. The molecule has 0 bridgehead atoms. The van der Waals surface area contributed by atoms with Gasteiger partial charge in [-0.25, -0.2) is 4.98 Å². The van der Waals surface area contributed by atoms with Crippen molar-refractivity contribution in [2.75, 3.05) is 14.2 Å². The number of nitrogens with one attached hydrogen (secondary N) is 2. The Hall–Kier alpha value is -2.76. The van der Waals surface area contributed by atoms with E-state index in [0.717, 1.165) is 23.3 Å². The summed E-state index contributed by atoms with van der Waals surface area (Å²) in [6, 6.07) is 10.1. The molecular weight excluding hydrogens is 340 g/mol. The molecule has 1 atom stereocenters. The zero-order valence-corrected chi connectivity index (χ0v) is 16.9. The van der Waals surface area contributed by atoms with Gasteiger partial charge in [0.1, 0.15) is 5.75 Å². The van der Waals surface area contributed by atoms with Gasteiger partial charge in [0.15, 0.2) is 5.96 Å². The van der Waals surface area contributed by atoms with Crippen LogP contribution in [0.3, 0.4) is 0 Å². The maximum Gasteiger partial charge on any atom is 0.218 e. The fourth-order valence-corrected chi connectivity index (χ4v) is 2.54. The maximum absolute atomic E-state index is 6.08. The fourth-order valence-electron chi connectivity index (χ4n) is 2.54. The predicted octanol–water partition coefficient (Wildman–Crippen LogP) is 3.44. The van der Waals surface area contributed by atoms with Gasteiger partial charge in [0.05, 0.1) is 13.2 Å². The third kappa shape index (κ3) is 6.16. The predicted molar refractivity (Wildman–Crippen MR) is 109 cm³/mol. The molecule has 0 saturated heterocycles. The minimum absolute atomic E-state index is 0.182. The standard InChI is InChI=1S/C21H30N4O2/c1-6-16(3)27-19-12-15(2)9-10-17(19)13-24-21(22-4)25-14-18-8-7-11-23-20(18)26-5/h7-12,16H,6,13-14H2,1-5H3,(H2,22,24,25). The van der Waals surface area contributed by atoms with Gasteiger partial charge in [-0.2, -0.15) is 0 Å². The minimum Gasteiger partial charge on any atom is -0.490 e. The van der Waals surface area contributed by atoms with Crippen LogP contribution in [-0.4, -0.2) is 31.2 Å². The number of hydrogen-bond donors (Lipinski definition) is 2. The molecule has 6 nitrogen and oxygen atoms in total. The summed E-state index contributed by atoms with van der Waals surface area (Å²) in [5.41, 5.74) is 3.25. The van der Waals surface area contributed by atoms with Crippen LogP contribution in [0.5, 0.6) is 11.6 Å². The number of nitrogens with zero attached hydrogens (tertiary/aromatic N) is 2. The molecule has 1 heterocycles. The van der Waals surface area contributed by atoms with E-state index in [1.807, 2.05) is 12.1 Å². The Morgan fingerprint density at radius 2 is 1.93 bits per heavy atom. The maximum atomic E-state index is 6.08. The first-order chi connectivity index (χ1) is 13.1. The molecule has 0 aliphatic carbocycles. The Bertz CT molecular complexity index is 762. The average molecular weight is 370 g/mol. The zero-order valence-electron chi connectivity index (χ0n) is 16.9. The highest BCUT2D eigenvalue weighted by molar-refractivity contribution is 5.79. The number of guanidine groups is 1. The lowest BCUT2D eigenvalue weighted by Gasteiger charge is -2.18. The summed E-state index contributed by atoms with van der Waals surface area (Å²) in [5.74, 6) is 2.24. The summed E-state index contributed by atoms with van der Waals surface area (Å²) in [5, 5.41) is 6.63. The number of pyridine rings is 1. The summed E-state index contributed by atoms with van der Waals surface area (Å²) < 4.78 is 11.4. The largest absolute Gasteiger partial charge is 0.490 e. The van der Waals surface area contributed by atoms with Crippen LogP contribution in [0, 0.1) is 6.92 Å². The van der Waals surface area contributed by atoms with Crippen molar-refractivity contribution in [2.45, 2.75) is 46.4 Å². The highest BCUT2D eigenvalue weighted by Gasteiger charge is 2.09. The number of aryl methyl sites for hydroxylation is 1. The molecule has 0 fully saturated rings. The van der Waals surface area contributed by atoms with Crippen LogP contribution in [-0.2, 0) is 13.1 Å². The molecule has 2 aromatic rings.